The van der Waals surface area contributed by atoms with Crippen molar-refractivity contribution in [2.24, 2.45) is 11.8 Å². The highest BCUT2D eigenvalue weighted by Crippen LogP contribution is 2.56. The minimum absolute atomic E-state index is 0.0922. The molecule has 0 radical (unpaired) electrons. The van der Waals surface area contributed by atoms with Crippen LogP contribution in [0.5, 0.6) is 0 Å². The molecule has 1 aromatic rings. The van der Waals surface area contributed by atoms with Crippen LogP contribution in [0.25, 0.3) is 0 Å². The second-order valence-corrected chi connectivity index (χ2v) is 10.5. The minimum atomic E-state index is -3.75. The predicted octanol–water partition coefficient (Wildman–Crippen LogP) is 5.98. The van der Waals surface area contributed by atoms with Crippen LogP contribution in [0.3, 0.4) is 0 Å². The van der Waals surface area contributed by atoms with E-state index in [1.165, 1.54) is 19.3 Å². The topological polar surface area (TPSA) is 63.2 Å². The summed E-state index contributed by atoms with van der Waals surface area (Å²) in [7, 11) is -3.75. The molecule has 5 atom stereocenters. The van der Waals surface area contributed by atoms with Crippen molar-refractivity contribution in [3.05, 3.63) is 35.4 Å². The molecule has 5 unspecified atom stereocenters. The van der Waals surface area contributed by atoms with Crippen LogP contribution < -0.4 is 0 Å². The summed E-state index contributed by atoms with van der Waals surface area (Å²) >= 11 is 0. The maximum absolute atomic E-state index is 13.5. The van der Waals surface area contributed by atoms with Crippen LogP contribution >= 0.6 is 7.82 Å². The molecule has 0 N–H and O–H groups in total. The summed E-state index contributed by atoms with van der Waals surface area (Å²) in [5, 5.41) is 0. The fourth-order valence-electron chi connectivity index (χ4n) is 4.76. The number of phosphoric acid groups is 1. The molecule has 0 bridgehead atoms. The van der Waals surface area contributed by atoms with Gasteiger partial charge in [0.15, 0.2) is 6.29 Å². The van der Waals surface area contributed by atoms with Crippen molar-refractivity contribution in [3.8, 4) is 0 Å². The van der Waals surface area contributed by atoms with Gasteiger partial charge in [-0.25, -0.2) is 4.57 Å². The molecule has 0 aromatic heterocycles. The summed E-state index contributed by atoms with van der Waals surface area (Å²) in [4.78, 5) is 0. The van der Waals surface area contributed by atoms with E-state index in [2.05, 4.69) is 20.8 Å². The maximum Gasteiger partial charge on any atom is 0.475 e. The van der Waals surface area contributed by atoms with Crippen molar-refractivity contribution in [2.45, 2.75) is 97.1 Å². The zero-order valence-electron chi connectivity index (χ0n) is 18.3. The van der Waals surface area contributed by atoms with Crippen LogP contribution in [0.4, 0.5) is 0 Å². The Morgan fingerprint density at radius 1 is 1.00 bits per heavy atom. The van der Waals surface area contributed by atoms with Gasteiger partial charge in [0.05, 0.1) is 25.4 Å². The molecule has 1 saturated heterocycles. The molecule has 0 spiro atoms. The number of hydrogen-bond donors (Lipinski definition) is 0. The van der Waals surface area contributed by atoms with Crippen molar-refractivity contribution in [1.82, 2.24) is 0 Å². The number of ether oxygens (including phenoxy) is 2. The molecule has 2 fully saturated rings. The van der Waals surface area contributed by atoms with E-state index >= 15 is 0 Å². The number of benzene rings is 1. The van der Waals surface area contributed by atoms with Crippen LogP contribution in [0.15, 0.2) is 24.3 Å². The van der Waals surface area contributed by atoms with E-state index in [9.17, 15) is 4.57 Å². The SMILES string of the molecule is CCC1OC(OC2CCCCC2)C(OP2(=O)OCc3ccccc3CO2)C(C)C1C. The first kappa shape index (κ1) is 22.4. The van der Waals surface area contributed by atoms with E-state index in [0.29, 0.717) is 0 Å². The Bertz CT molecular complexity index is 718. The third kappa shape index (κ3) is 5.01. The van der Waals surface area contributed by atoms with E-state index in [1.807, 2.05) is 24.3 Å². The van der Waals surface area contributed by atoms with Gasteiger partial charge in [-0.15, -0.1) is 0 Å². The maximum atomic E-state index is 13.5. The van der Waals surface area contributed by atoms with Gasteiger partial charge in [0.2, 0.25) is 0 Å². The molecular formula is C23H35O6P. The van der Waals surface area contributed by atoms with Crippen molar-refractivity contribution in [3.63, 3.8) is 0 Å². The normalized spacial score (nSPS) is 34.8. The summed E-state index contributed by atoms with van der Waals surface area (Å²) in [6.45, 7) is 6.82. The van der Waals surface area contributed by atoms with Crippen LogP contribution in [0.2, 0.25) is 0 Å². The lowest BCUT2D eigenvalue weighted by Crippen LogP contribution is -2.52. The molecule has 2 heterocycles. The fourth-order valence-corrected chi connectivity index (χ4v) is 6.14. The van der Waals surface area contributed by atoms with Crippen LogP contribution in [-0.4, -0.2) is 24.6 Å². The molecule has 0 amide bonds. The molecule has 6 nitrogen and oxygen atoms in total. The molecule has 3 aliphatic rings. The fraction of sp³-hybridized carbons (Fsp3) is 0.739. The predicted molar refractivity (Wildman–Crippen MR) is 114 cm³/mol. The molecule has 168 valence electrons. The Labute approximate surface area is 180 Å². The number of fused-ring (bicyclic) bond motifs is 1. The highest BCUT2D eigenvalue weighted by Gasteiger charge is 2.47. The number of hydrogen-bond acceptors (Lipinski definition) is 6. The lowest BCUT2D eigenvalue weighted by Gasteiger charge is -2.45. The Morgan fingerprint density at radius 2 is 1.63 bits per heavy atom. The summed E-state index contributed by atoms with van der Waals surface area (Å²) in [6.07, 6.45) is 5.77. The van der Waals surface area contributed by atoms with Gasteiger partial charge in [0.1, 0.15) is 6.10 Å². The van der Waals surface area contributed by atoms with E-state index in [0.717, 1.165) is 30.4 Å². The molecule has 30 heavy (non-hydrogen) atoms. The molecule has 1 aromatic carbocycles. The van der Waals surface area contributed by atoms with Gasteiger partial charge in [0.25, 0.3) is 0 Å². The zero-order valence-corrected chi connectivity index (χ0v) is 19.2. The van der Waals surface area contributed by atoms with Gasteiger partial charge in [-0.3, -0.25) is 13.6 Å². The summed E-state index contributed by atoms with van der Waals surface area (Å²) in [5.74, 6) is 0.350. The molecule has 7 heteroatoms. The lowest BCUT2D eigenvalue weighted by atomic mass is 9.82. The second-order valence-electron chi connectivity index (χ2n) is 8.90. The molecule has 1 aliphatic carbocycles. The number of phosphoric ester groups is 1. The third-order valence-electron chi connectivity index (χ3n) is 6.92. The minimum Gasteiger partial charge on any atom is -0.347 e. The Balaban J connectivity index is 1.50. The Hall–Kier alpha value is -0.750. The van der Waals surface area contributed by atoms with Crippen molar-refractivity contribution < 1.29 is 27.6 Å². The monoisotopic (exact) mass is 438 g/mol. The smallest absolute Gasteiger partial charge is 0.347 e. The average molecular weight is 439 g/mol. The highest BCUT2D eigenvalue weighted by molar-refractivity contribution is 7.48. The summed E-state index contributed by atoms with van der Waals surface area (Å²) < 4.78 is 43.7. The summed E-state index contributed by atoms with van der Waals surface area (Å²) in [6, 6.07) is 7.81. The van der Waals surface area contributed by atoms with Crippen LogP contribution in [0, 0.1) is 11.8 Å². The van der Waals surface area contributed by atoms with Crippen molar-refractivity contribution >= 4 is 7.82 Å². The second kappa shape index (κ2) is 9.81. The largest absolute Gasteiger partial charge is 0.475 e. The van der Waals surface area contributed by atoms with Gasteiger partial charge in [-0.05, 0) is 42.2 Å². The number of rotatable bonds is 5. The van der Waals surface area contributed by atoms with E-state index < -0.39 is 20.2 Å². The van der Waals surface area contributed by atoms with Gasteiger partial charge in [-0.1, -0.05) is 64.3 Å². The average Bonchev–Trinajstić information content (AvgIpc) is 2.94. The first-order valence-corrected chi connectivity index (χ1v) is 12.9. The quantitative estimate of drug-likeness (QED) is 0.527. The first-order chi connectivity index (χ1) is 14.5. The molecule has 1 saturated carbocycles. The molecule has 2 aliphatic heterocycles. The Kier molecular flexibility index (Phi) is 7.34. The lowest BCUT2D eigenvalue weighted by molar-refractivity contribution is -0.283. The van der Waals surface area contributed by atoms with Crippen LogP contribution in [0.1, 0.15) is 70.4 Å². The van der Waals surface area contributed by atoms with Gasteiger partial charge in [0, 0.05) is 0 Å². The van der Waals surface area contributed by atoms with E-state index in [4.69, 9.17) is 23.0 Å². The first-order valence-electron chi connectivity index (χ1n) is 11.4. The third-order valence-corrected chi connectivity index (χ3v) is 8.31. The van der Waals surface area contributed by atoms with Crippen molar-refractivity contribution in [1.29, 1.82) is 0 Å². The highest BCUT2D eigenvalue weighted by atomic mass is 31.2. The van der Waals surface area contributed by atoms with E-state index in [1.54, 1.807) is 0 Å². The molecular weight excluding hydrogens is 403 g/mol. The van der Waals surface area contributed by atoms with Crippen molar-refractivity contribution in [2.75, 3.05) is 0 Å². The van der Waals surface area contributed by atoms with Gasteiger partial charge in [-0.2, -0.15) is 0 Å². The van der Waals surface area contributed by atoms with Crippen LogP contribution in [-0.2, 0) is 40.8 Å². The van der Waals surface area contributed by atoms with Gasteiger partial charge < -0.3 is 9.47 Å². The van der Waals surface area contributed by atoms with E-state index in [-0.39, 0.29) is 37.3 Å². The summed E-state index contributed by atoms with van der Waals surface area (Å²) in [5.41, 5.74) is 1.95. The van der Waals surface area contributed by atoms with Gasteiger partial charge >= 0.3 is 7.82 Å². The zero-order chi connectivity index (χ0) is 21.1. The standard InChI is InChI=1S/C23H35O6P/c1-4-21-16(2)17(3)22(23(28-21)27-20-12-6-5-7-13-20)29-30(24)25-14-18-10-8-9-11-19(18)15-26-30/h8-11,16-17,20-23H,4-7,12-15H2,1-3H3. The molecule has 4 rings (SSSR count). The Morgan fingerprint density at radius 3 is 2.23 bits per heavy atom.